The number of carbonyl (C=O) groups is 3. The molecule has 1 fully saturated rings. The molecule has 2 unspecified atom stereocenters. The van der Waals surface area contributed by atoms with Crippen molar-refractivity contribution in [3.63, 3.8) is 0 Å². The highest BCUT2D eigenvalue weighted by Crippen LogP contribution is 2.45. The van der Waals surface area contributed by atoms with Gasteiger partial charge in [0.2, 0.25) is 0 Å². The van der Waals surface area contributed by atoms with Crippen LogP contribution in [0, 0.1) is 5.82 Å². The number of nitrogens with one attached hydrogen (secondary N) is 2. The summed E-state index contributed by atoms with van der Waals surface area (Å²) in [5, 5.41) is 3.83. The second-order valence-electron chi connectivity index (χ2n) is 10.9. The molecule has 4 aromatic carbocycles. The van der Waals surface area contributed by atoms with E-state index in [0.29, 0.717) is 24.2 Å². The van der Waals surface area contributed by atoms with Gasteiger partial charge in [0.05, 0.1) is 18.4 Å². The number of para-hydroxylation sites is 2. The summed E-state index contributed by atoms with van der Waals surface area (Å²) in [6.07, 6.45) is 0.636. The number of carbonyl (C=O) groups excluding carboxylic acids is 3. The van der Waals surface area contributed by atoms with Gasteiger partial charge in [-0.05, 0) is 59.5 Å². The van der Waals surface area contributed by atoms with Crippen LogP contribution in [-0.4, -0.2) is 47.4 Å². The Hall–Kier alpha value is -5.44. The van der Waals surface area contributed by atoms with Crippen LogP contribution >= 0.6 is 0 Å². The van der Waals surface area contributed by atoms with E-state index < -0.39 is 29.9 Å². The van der Waals surface area contributed by atoms with Gasteiger partial charge < -0.3 is 15.0 Å². The second-order valence-corrected chi connectivity index (χ2v) is 10.9. The number of imide groups is 1. The molecule has 1 aromatic heterocycles. The zero-order valence-electron chi connectivity index (χ0n) is 23.9. The van der Waals surface area contributed by atoms with Crippen molar-refractivity contribution >= 4 is 34.4 Å². The quantitative estimate of drug-likeness (QED) is 0.236. The van der Waals surface area contributed by atoms with E-state index in [1.54, 1.807) is 54.5 Å². The van der Waals surface area contributed by atoms with Gasteiger partial charge in [0.15, 0.2) is 0 Å². The molecule has 3 heterocycles. The summed E-state index contributed by atoms with van der Waals surface area (Å²) < 4.78 is 19.4. The van der Waals surface area contributed by atoms with Gasteiger partial charge >= 0.3 is 6.03 Å². The zero-order valence-corrected chi connectivity index (χ0v) is 23.9. The van der Waals surface area contributed by atoms with E-state index in [0.717, 1.165) is 32.6 Å². The van der Waals surface area contributed by atoms with Crippen LogP contribution in [0.25, 0.3) is 10.9 Å². The Bertz CT molecular complexity index is 1920. The molecule has 0 aliphatic carbocycles. The number of amides is 4. The largest absolute Gasteiger partial charge is 0.497 e. The molecule has 7 rings (SSSR count). The lowest BCUT2D eigenvalue weighted by molar-refractivity contribution is -0.120. The first kappa shape index (κ1) is 27.4. The number of hydrogen-bond donors (Lipinski definition) is 2. The molecule has 2 aliphatic rings. The van der Waals surface area contributed by atoms with E-state index in [4.69, 9.17) is 4.74 Å². The molecule has 0 saturated carbocycles. The summed E-state index contributed by atoms with van der Waals surface area (Å²) in [4.78, 5) is 48.1. The number of anilines is 1. The fourth-order valence-electron chi connectivity index (χ4n) is 6.40. The smallest absolute Gasteiger partial charge is 0.332 e. The van der Waals surface area contributed by atoms with Gasteiger partial charge in [-0.3, -0.25) is 14.5 Å². The Morgan fingerprint density at radius 1 is 0.955 bits per heavy atom. The van der Waals surface area contributed by atoms with Crippen LogP contribution in [0.3, 0.4) is 0 Å². The number of fused-ring (bicyclic) bond motifs is 4. The number of rotatable bonds is 7. The van der Waals surface area contributed by atoms with Crippen molar-refractivity contribution in [1.82, 2.24) is 15.2 Å². The van der Waals surface area contributed by atoms with Crippen LogP contribution in [0.15, 0.2) is 97.1 Å². The third-order valence-electron chi connectivity index (χ3n) is 8.51. The summed E-state index contributed by atoms with van der Waals surface area (Å²) in [6.45, 7) is 0.187. The van der Waals surface area contributed by atoms with Gasteiger partial charge in [0, 0.05) is 29.6 Å². The highest BCUT2D eigenvalue weighted by Gasteiger charge is 2.53. The molecule has 44 heavy (non-hydrogen) atoms. The monoisotopic (exact) mass is 588 g/mol. The predicted molar refractivity (Wildman–Crippen MR) is 164 cm³/mol. The minimum absolute atomic E-state index is 0.187. The Morgan fingerprint density at radius 3 is 2.48 bits per heavy atom. The Kier molecular flexibility index (Phi) is 6.85. The van der Waals surface area contributed by atoms with Gasteiger partial charge in [0.25, 0.3) is 11.8 Å². The predicted octanol–water partition coefficient (Wildman–Crippen LogP) is 5.77. The fraction of sp³-hybridized carbons (Fsp3) is 0.171. The summed E-state index contributed by atoms with van der Waals surface area (Å²) in [6, 6.07) is 26.5. The molecule has 220 valence electrons. The standard InChI is InChI=1S/C35H29FN4O4/c1-44-23-16-14-22(15-17-23)32-31-26(24-9-3-6-12-28(24)38-31)20-30-34(42)40(35(43)39(30)32)29-13-7-4-10-25(29)33(41)37-19-18-21-8-2-5-11-27(21)36/h2-17,30,32,38H,18-20H2,1H3,(H,37,41). The van der Waals surface area contributed by atoms with Gasteiger partial charge in [-0.15, -0.1) is 0 Å². The number of aromatic amines is 1. The number of aromatic nitrogens is 1. The Morgan fingerprint density at radius 2 is 1.68 bits per heavy atom. The third-order valence-corrected chi connectivity index (χ3v) is 8.51. The lowest BCUT2D eigenvalue weighted by Crippen LogP contribution is -2.44. The Labute approximate surface area is 253 Å². The fourth-order valence-corrected chi connectivity index (χ4v) is 6.40. The molecule has 0 bridgehead atoms. The first-order valence-electron chi connectivity index (χ1n) is 14.5. The van der Waals surface area contributed by atoms with Crippen LogP contribution in [0.4, 0.5) is 14.9 Å². The van der Waals surface area contributed by atoms with Crippen LogP contribution in [0.1, 0.15) is 38.8 Å². The molecule has 9 heteroatoms. The molecular weight excluding hydrogens is 559 g/mol. The van der Waals surface area contributed by atoms with E-state index in [1.165, 1.54) is 6.07 Å². The number of benzene rings is 4. The molecule has 2 atom stereocenters. The first-order chi connectivity index (χ1) is 21.5. The molecule has 2 N–H and O–H groups in total. The van der Waals surface area contributed by atoms with Crippen LogP contribution < -0.4 is 15.0 Å². The van der Waals surface area contributed by atoms with Crippen LogP contribution in [-0.2, 0) is 17.6 Å². The maximum absolute atomic E-state index is 14.3. The number of hydrogen-bond acceptors (Lipinski definition) is 4. The van der Waals surface area contributed by atoms with E-state index >= 15 is 0 Å². The van der Waals surface area contributed by atoms with Gasteiger partial charge in [-0.25, -0.2) is 14.1 Å². The molecule has 0 spiro atoms. The average molecular weight is 589 g/mol. The number of ether oxygens (including phenoxy) is 1. The molecular formula is C35H29FN4O4. The normalized spacial score (nSPS) is 17.5. The minimum Gasteiger partial charge on any atom is -0.497 e. The number of methoxy groups -OCH3 is 1. The number of nitrogens with zero attached hydrogens (tertiary/aromatic N) is 2. The lowest BCUT2D eigenvalue weighted by atomic mass is 9.89. The van der Waals surface area contributed by atoms with Crippen molar-refractivity contribution in [2.75, 3.05) is 18.6 Å². The molecule has 0 radical (unpaired) electrons. The minimum atomic E-state index is -0.765. The third kappa shape index (κ3) is 4.48. The molecule has 1 saturated heterocycles. The zero-order chi connectivity index (χ0) is 30.4. The number of H-pyrrole nitrogens is 1. The summed E-state index contributed by atoms with van der Waals surface area (Å²) in [7, 11) is 1.59. The second kappa shape index (κ2) is 11.0. The van der Waals surface area contributed by atoms with Crippen LogP contribution in [0.2, 0.25) is 0 Å². The number of urea groups is 1. The summed E-state index contributed by atoms with van der Waals surface area (Å²) in [5.41, 5.74) is 4.49. The SMILES string of the molecule is COc1ccc(C2c3[nH]c4ccccc4c3CC3C(=O)N(c4ccccc4C(=O)NCCc4ccccc4F)C(=O)N32)cc1. The van der Waals surface area contributed by atoms with Crippen LogP contribution in [0.5, 0.6) is 5.75 Å². The van der Waals surface area contributed by atoms with E-state index in [2.05, 4.69) is 10.3 Å². The maximum atomic E-state index is 14.3. The van der Waals surface area contributed by atoms with E-state index in [9.17, 15) is 18.8 Å². The van der Waals surface area contributed by atoms with Crippen molar-refractivity contribution in [3.05, 3.63) is 131 Å². The Balaban J connectivity index is 1.24. The summed E-state index contributed by atoms with van der Waals surface area (Å²) in [5.74, 6) is -0.504. The van der Waals surface area contributed by atoms with Gasteiger partial charge in [-0.2, -0.15) is 0 Å². The van der Waals surface area contributed by atoms with Gasteiger partial charge in [-0.1, -0.05) is 60.7 Å². The van der Waals surface area contributed by atoms with E-state index in [-0.39, 0.29) is 23.6 Å². The van der Waals surface area contributed by atoms with Gasteiger partial charge in [0.1, 0.15) is 23.7 Å². The van der Waals surface area contributed by atoms with Crippen molar-refractivity contribution in [1.29, 1.82) is 0 Å². The average Bonchev–Trinajstić information content (AvgIpc) is 3.54. The highest BCUT2D eigenvalue weighted by molar-refractivity contribution is 6.24. The van der Waals surface area contributed by atoms with E-state index in [1.807, 2.05) is 48.5 Å². The highest BCUT2D eigenvalue weighted by atomic mass is 19.1. The van der Waals surface area contributed by atoms with Crippen molar-refractivity contribution in [3.8, 4) is 5.75 Å². The topological polar surface area (TPSA) is 94.7 Å². The molecule has 5 aromatic rings. The number of halogens is 1. The maximum Gasteiger partial charge on any atom is 0.332 e. The first-order valence-corrected chi connectivity index (χ1v) is 14.5. The summed E-state index contributed by atoms with van der Waals surface area (Å²) >= 11 is 0. The molecule has 4 amide bonds. The lowest BCUT2D eigenvalue weighted by Gasteiger charge is -2.36. The van der Waals surface area contributed by atoms with Crippen molar-refractivity contribution < 1.29 is 23.5 Å². The van der Waals surface area contributed by atoms with Crippen molar-refractivity contribution in [2.45, 2.75) is 24.9 Å². The molecule has 2 aliphatic heterocycles. The molecule has 8 nitrogen and oxygen atoms in total. The van der Waals surface area contributed by atoms with Crippen molar-refractivity contribution in [2.24, 2.45) is 0 Å².